The summed E-state index contributed by atoms with van der Waals surface area (Å²) in [7, 11) is 0. The molecule has 0 bridgehead atoms. The highest BCUT2D eigenvalue weighted by atomic mass is 16.5. The molecule has 2 fully saturated rings. The fourth-order valence-electron chi connectivity index (χ4n) is 3.05. The van der Waals surface area contributed by atoms with Crippen LogP contribution in [0.3, 0.4) is 0 Å². The summed E-state index contributed by atoms with van der Waals surface area (Å²) in [5.41, 5.74) is 1.61. The summed E-state index contributed by atoms with van der Waals surface area (Å²) in [6.45, 7) is 2.01. The van der Waals surface area contributed by atoms with Gasteiger partial charge in [-0.05, 0) is 49.4 Å². The predicted octanol–water partition coefficient (Wildman–Crippen LogP) is 2.19. The zero-order chi connectivity index (χ0) is 17.1. The normalized spacial score (nSPS) is 23.4. The van der Waals surface area contributed by atoms with E-state index in [0.717, 1.165) is 24.6 Å². The van der Waals surface area contributed by atoms with Crippen molar-refractivity contribution < 1.29 is 14.3 Å². The lowest BCUT2D eigenvalue weighted by molar-refractivity contribution is -0.0567. The largest absolute Gasteiger partial charge is 0.379 e. The van der Waals surface area contributed by atoms with E-state index in [1.54, 1.807) is 12.5 Å². The molecule has 0 unspecified atom stereocenters. The molecule has 2 heterocycles. The van der Waals surface area contributed by atoms with E-state index >= 15 is 0 Å². The third-order valence-electron chi connectivity index (χ3n) is 4.78. The minimum atomic E-state index is -0.0901. The first-order valence-electron chi connectivity index (χ1n) is 8.88. The van der Waals surface area contributed by atoms with Crippen molar-refractivity contribution >= 4 is 5.91 Å². The van der Waals surface area contributed by atoms with Gasteiger partial charge in [-0.15, -0.1) is 0 Å². The van der Waals surface area contributed by atoms with Crippen LogP contribution in [0.25, 0.3) is 5.69 Å². The maximum Gasteiger partial charge on any atom is 0.251 e. The van der Waals surface area contributed by atoms with Crippen LogP contribution in [0, 0.1) is 5.92 Å². The molecule has 0 spiro atoms. The Morgan fingerprint density at radius 3 is 2.84 bits per heavy atom. The van der Waals surface area contributed by atoms with Gasteiger partial charge in [-0.2, -0.15) is 0 Å². The molecule has 1 N–H and O–H groups in total. The molecule has 4 rings (SSSR count). The van der Waals surface area contributed by atoms with E-state index in [4.69, 9.17) is 9.47 Å². The molecular formula is C19H23N3O3. The van der Waals surface area contributed by atoms with E-state index in [1.165, 1.54) is 12.8 Å². The highest BCUT2D eigenvalue weighted by Crippen LogP contribution is 2.30. The van der Waals surface area contributed by atoms with Crippen LogP contribution in [-0.2, 0) is 9.47 Å². The number of aromatic nitrogens is 2. The molecule has 1 aromatic heterocycles. The Morgan fingerprint density at radius 2 is 2.12 bits per heavy atom. The lowest BCUT2D eigenvalue weighted by atomic mass is 10.1. The number of benzene rings is 1. The molecule has 2 aromatic rings. The first kappa shape index (κ1) is 16.3. The second-order valence-corrected chi connectivity index (χ2v) is 6.78. The summed E-state index contributed by atoms with van der Waals surface area (Å²) in [4.78, 5) is 16.6. The zero-order valence-corrected chi connectivity index (χ0v) is 14.1. The molecule has 1 aromatic carbocycles. The van der Waals surface area contributed by atoms with Crippen molar-refractivity contribution in [3.05, 3.63) is 48.5 Å². The third-order valence-corrected chi connectivity index (χ3v) is 4.78. The first-order valence-corrected chi connectivity index (χ1v) is 8.88. The number of ether oxygens (including phenoxy) is 2. The Bertz CT molecular complexity index is 695. The number of nitrogens with one attached hydrogen (secondary N) is 1. The van der Waals surface area contributed by atoms with Crippen molar-refractivity contribution in [2.24, 2.45) is 5.92 Å². The molecule has 1 saturated carbocycles. The van der Waals surface area contributed by atoms with Crippen LogP contribution in [0.5, 0.6) is 0 Å². The SMILES string of the molecule is O=C(N[C@@H]1COCC[C@@H]1OCC1CC1)c1ccc(-n2ccnc2)cc1. The van der Waals surface area contributed by atoms with Gasteiger partial charge in [0, 0.05) is 36.9 Å². The minimum Gasteiger partial charge on any atom is -0.379 e. The number of hydrogen-bond donors (Lipinski definition) is 1. The van der Waals surface area contributed by atoms with Crippen LogP contribution in [-0.4, -0.2) is 47.4 Å². The van der Waals surface area contributed by atoms with E-state index in [2.05, 4.69) is 10.3 Å². The van der Waals surface area contributed by atoms with Crippen molar-refractivity contribution in [1.82, 2.24) is 14.9 Å². The first-order chi connectivity index (χ1) is 12.3. The number of amides is 1. The highest BCUT2D eigenvalue weighted by Gasteiger charge is 2.30. The lowest BCUT2D eigenvalue weighted by Crippen LogP contribution is -2.50. The Morgan fingerprint density at radius 1 is 1.28 bits per heavy atom. The fourth-order valence-corrected chi connectivity index (χ4v) is 3.05. The van der Waals surface area contributed by atoms with E-state index in [9.17, 15) is 4.79 Å². The average molecular weight is 341 g/mol. The molecule has 0 radical (unpaired) electrons. The van der Waals surface area contributed by atoms with Gasteiger partial charge in [0.25, 0.3) is 5.91 Å². The van der Waals surface area contributed by atoms with Crippen LogP contribution in [0.15, 0.2) is 43.0 Å². The topological polar surface area (TPSA) is 65.4 Å². The van der Waals surface area contributed by atoms with Crippen molar-refractivity contribution in [3.63, 3.8) is 0 Å². The van der Waals surface area contributed by atoms with Gasteiger partial charge < -0.3 is 19.4 Å². The number of imidazole rings is 1. The van der Waals surface area contributed by atoms with Gasteiger partial charge >= 0.3 is 0 Å². The molecule has 2 atom stereocenters. The Labute approximate surface area is 147 Å². The average Bonchev–Trinajstić information content (AvgIpc) is 3.32. The van der Waals surface area contributed by atoms with Crippen LogP contribution in [0.4, 0.5) is 0 Å². The quantitative estimate of drug-likeness (QED) is 0.875. The van der Waals surface area contributed by atoms with Crippen LogP contribution < -0.4 is 5.32 Å². The van der Waals surface area contributed by atoms with Gasteiger partial charge in [0.05, 0.1) is 25.1 Å². The highest BCUT2D eigenvalue weighted by molar-refractivity contribution is 5.94. The summed E-state index contributed by atoms with van der Waals surface area (Å²) >= 11 is 0. The van der Waals surface area contributed by atoms with Crippen LogP contribution >= 0.6 is 0 Å². The molecule has 6 heteroatoms. The monoisotopic (exact) mass is 341 g/mol. The number of carbonyl (C=O) groups excluding carboxylic acids is 1. The number of rotatable bonds is 6. The van der Waals surface area contributed by atoms with Gasteiger partial charge in [-0.25, -0.2) is 4.98 Å². The van der Waals surface area contributed by atoms with Gasteiger partial charge in [0.2, 0.25) is 0 Å². The number of carbonyl (C=O) groups is 1. The molecular weight excluding hydrogens is 318 g/mol. The summed E-state index contributed by atoms with van der Waals surface area (Å²) in [6.07, 6.45) is 8.74. The molecule has 132 valence electrons. The fraction of sp³-hybridized carbons (Fsp3) is 0.474. The van der Waals surface area contributed by atoms with Gasteiger partial charge in [0.15, 0.2) is 0 Å². The van der Waals surface area contributed by atoms with Gasteiger partial charge in [-0.1, -0.05) is 0 Å². The predicted molar refractivity (Wildman–Crippen MR) is 92.7 cm³/mol. The number of hydrogen-bond acceptors (Lipinski definition) is 4. The number of nitrogens with zero attached hydrogens (tertiary/aromatic N) is 2. The third kappa shape index (κ3) is 4.08. The minimum absolute atomic E-state index is 0.0449. The van der Waals surface area contributed by atoms with Crippen LogP contribution in [0.1, 0.15) is 29.6 Å². The maximum absolute atomic E-state index is 12.6. The molecule has 1 aliphatic carbocycles. The maximum atomic E-state index is 12.6. The van der Waals surface area contributed by atoms with Crippen molar-refractivity contribution in [2.45, 2.75) is 31.4 Å². The standard InChI is InChI=1S/C19H23N3O3/c23-19(15-3-5-16(6-4-15)22-9-8-20-13-22)21-17-12-24-10-7-18(17)25-11-14-1-2-14/h3-6,8-9,13-14,17-18H,1-2,7,10-12H2,(H,21,23)/t17-,18+/m1/s1. The second kappa shape index (κ2) is 7.37. The van der Waals surface area contributed by atoms with E-state index in [1.807, 2.05) is 35.0 Å². The summed E-state index contributed by atoms with van der Waals surface area (Å²) in [5.74, 6) is 0.627. The van der Waals surface area contributed by atoms with E-state index in [0.29, 0.717) is 18.8 Å². The summed E-state index contributed by atoms with van der Waals surface area (Å²) in [6, 6.07) is 7.39. The van der Waals surface area contributed by atoms with Crippen molar-refractivity contribution in [2.75, 3.05) is 19.8 Å². The molecule has 25 heavy (non-hydrogen) atoms. The molecule has 1 aliphatic heterocycles. The van der Waals surface area contributed by atoms with Gasteiger partial charge in [-0.3, -0.25) is 4.79 Å². The van der Waals surface area contributed by atoms with Crippen molar-refractivity contribution in [1.29, 1.82) is 0 Å². The summed E-state index contributed by atoms with van der Waals surface area (Å²) in [5, 5.41) is 3.08. The second-order valence-electron chi connectivity index (χ2n) is 6.78. The smallest absolute Gasteiger partial charge is 0.251 e. The zero-order valence-electron chi connectivity index (χ0n) is 14.1. The summed E-state index contributed by atoms with van der Waals surface area (Å²) < 4.78 is 13.5. The van der Waals surface area contributed by atoms with Gasteiger partial charge in [0.1, 0.15) is 0 Å². The van der Waals surface area contributed by atoms with Crippen LogP contribution in [0.2, 0.25) is 0 Å². The molecule has 1 amide bonds. The van der Waals surface area contributed by atoms with Crippen molar-refractivity contribution in [3.8, 4) is 5.69 Å². The van der Waals surface area contributed by atoms with E-state index in [-0.39, 0.29) is 18.1 Å². The Kier molecular flexibility index (Phi) is 4.81. The lowest BCUT2D eigenvalue weighted by Gasteiger charge is -2.32. The molecule has 1 saturated heterocycles. The Balaban J connectivity index is 1.37. The molecule has 6 nitrogen and oxygen atoms in total. The van der Waals surface area contributed by atoms with E-state index < -0.39 is 0 Å². The Hall–Kier alpha value is -2.18. The molecule has 2 aliphatic rings.